The highest BCUT2D eigenvalue weighted by molar-refractivity contribution is 6.00. The summed E-state index contributed by atoms with van der Waals surface area (Å²) in [7, 11) is 2.24. The Morgan fingerprint density at radius 3 is 2.48 bits per heavy atom. The van der Waals surface area contributed by atoms with Gasteiger partial charge >= 0.3 is 0 Å². The van der Waals surface area contributed by atoms with E-state index in [-0.39, 0.29) is 5.91 Å². The summed E-state index contributed by atoms with van der Waals surface area (Å²) in [4.78, 5) is 16.8. The summed E-state index contributed by atoms with van der Waals surface area (Å²) in [5, 5.41) is 7.09. The number of rotatable bonds is 5. The number of anilines is 1. The largest absolute Gasteiger partial charge is 0.360 e. The Morgan fingerprint density at radius 2 is 1.79 bits per heavy atom. The van der Waals surface area contributed by atoms with E-state index in [1.165, 1.54) is 18.8 Å². The molecule has 3 aromatic rings. The van der Waals surface area contributed by atoms with Crippen molar-refractivity contribution in [3.05, 3.63) is 71.5 Å². The van der Waals surface area contributed by atoms with Gasteiger partial charge in [-0.25, -0.2) is 0 Å². The molecule has 2 heterocycles. The molecular weight excluding hydrogens is 364 g/mol. The summed E-state index contributed by atoms with van der Waals surface area (Å²) in [6.07, 6.45) is 0. The van der Waals surface area contributed by atoms with Gasteiger partial charge in [-0.2, -0.15) is 0 Å². The van der Waals surface area contributed by atoms with Crippen LogP contribution in [0, 0.1) is 6.92 Å². The number of hydrogen-bond acceptors (Lipinski definition) is 4. The van der Waals surface area contributed by atoms with Crippen LogP contribution in [0.5, 0.6) is 0 Å². The molecule has 6 heteroatoms. The number of piperazine rings is 1. The van der Waals surface area contributed by atoms with Crippen LogP contribution in [0.4, 0.5) is 5.69 Å². The van der Waals surface area contributed by atoms with Crippen LogP contribution in [0.15, 0.2) is 59.1 Å². The Morgan fingerprint density at radius 1 is 1.10 bits per heavy atom. The molecule has 0 saturated carbocycles. The lowest BCUT2D eigenvalue weighted by Crippen LogP contribution is -3.12. The van der Waals surface area contributed by atoms with Crippen LogP contribution in [0.1, 0.15) is 21.7 Å². The van der Waals surface area contributed by atoms with Crippen molar-refractivity contribution >= 4 is 11.6 Å². The van der Waals surface area contributed by atoms with Gasteiger partial charge in [-0.05, 0) is 24.6 Å². The van der Waals surface area contributed by atoms with Crippen molar-refractivity contribution in [3.8, 4) is 11.3 Å². The molecule has 1 aliphatic rings. The molecule has 1 fully saturated rings. The SMILES string of the molecule is Cc1onc(-c2ccccc2)c1C(=O)NCc1ccc(N2CC[NH+](C)CC2)cc1. The van der Waals surface area contributed by atoms with Gasteiger partial charge in [-0.3, -0.25) is 4.79 Å². The standard InChI is InChI=1S/C23H26N4O2/c1-17-21(22(25-29-17)19-6-4-3-5-7-19)23(28)24-16-18-8-10-20(11-9-18)27-14-12-26(2)13-15-27/h3-11H,12-16H2,1-2H3,(H,24,28)/p+1. The number of benzene rings is 2. The fourth-order valence-electron chi connectivity index (χ4n) is 3.67. The number of aromatic nitrogens is 1. The van der Waals surface area contributed by atoms with Gasteiger partial charge in [0.05, 0.1) is 33.2 Å². The summed E-state index contributed by atoms with van der Waals surface area (Å²) in [6.45, 7) is 6.72. The zero-order valence-corrected chi connectivity index (χ0v) is 16.9. The lowest BCUT2D eigenvalue weighted by atomic mass is 10.1. The Bertz CT molecular complexity index is 958. The van der Waals surface area contributed by atoms with Gasteiger partial charge in [0.25, 0.3) is 5.91 Å². The zero-order chi connectivity index (χ0) is 20.2. The number of hydrogen-bond donors (Lipinski definition) is 2. The van der Waals surface area contributed by atoms with E-state index in [4.69, 9.17) is 4.52 Å². The Balaban J connectivity index is 1.41. The summed E-state index contributed by atoms with van der Waals surface area (Å²) in [6, 6.07) is 18.1. The molecule has 2 N–H and O–H groups in total. The number of amides is 1. The number of nitrogens with one attached hydrogen (secondary N) is 2. The number of carbonyl (C=O) groups is 1. The molecule has 1 amide bonds. The lowest BCUT2D eigenvalue weighted by Gasteiger charge is -2.31. The molecule has 0 spiro atoms. The molecule has 150 valence electrons. The Hall–Kier alpha value is -3.12. The summed E-state index contributed by atoms with van der Waals surface area (Å²) < 4.78 is 5.30. The third-order valence-electron chi connectivity index (χ3n) is 5.51. The molecule has 1 aliphatic heterocycles. The number of likely N-dealkylation sites (N-methyl/N-ethyl adjacent to an activating group) is 1. The van der Waals surface area contributed by atoms with Gasteiger partial charge in [-0.1, -0.05) is 47.6 Å². The third-order valence-corrected chi connectivity index (χ3v) is 5.51. The van der Waals surface area contributed by atoms with Crippen molar-refractivity contribution < 1.29 is 14.2 Å². The van der Waals surface area contributed by atoms with E-state index in [2.05, 4.69) is 46.7 Å². The number of carbonyl (C=O) groups excluding carboxylic acids is 1. The summed E-state index contributed by atoms with van der Waals surface area (Å²) >= 11 is 0. The second-order valence-electron chi connectivity index (χ2n) is 7.62. The van der Waals surface area contributed by atoms with Gasteiger partial charge in [0, 0.05) is 17.8 Å². The maximum absolute atomic E-state index is 12.8. The van der Waals surface area contributed by atoms with Crippen molar-refractivity contribution in [3.63, 3.8) is 0 Å². The van der Waals surface area contributed by atoms with Crippen LogP contribution in [-0.2, 0) is 6.54 Å². The summed E-state index contributed by atoms with van der Waals surface area (Å²) in [5.74, 6) is 0.350. The van der Waals surface area contributed by atoms with Crippen molar-refractivity contribution in [2.45, 2.75) is 13.5 Å². The topological polar surface area (TPSA) is 62.8 Å². The van der Waals surface area contributed by atoms with Crippen molar-refractivity contribution in [2.75, 3.05) is 38.1 Å². The van der Waals surface area contributed by atoms with E-state index in [1.807, 2.05) is 30.3 Å². The minimum atomic E-state index is -0.172. The highest BCUT2D eigenvalue weighted by atomic mass is 16.5. The molecule has 1 aromatic heterocycles. The Labute approximate surface area is 171 Å². The third kappa shape index (κ3) is 4.32. The van der Waals surface area contributed by atoms with Gasteiger partial charge in [0.1, 0.15) is 17.0 Å². The van der Waals surface area contributed by atoms with Crippen LogP contribution in [0.2, 0.25) is 0 Å². The first kappa shape index (κ1) is 19.2. The summed E-state index contributed by atoms with van der Waals surface area (Å²) in [5.41, 5.74) is 4.25. The van der Waals surface area contributed by atoms with Crippen LogP contribution >= 0.6 is 0 Å². The average Bonchev–Trinajstić information content (AvgIpc) is 3.15. The number of quaternary nitrogens is 1. The van der Waals surface area contributed by atoms with Crippen molar-refractivity contribution in [1.29, 1.82) is 0 Å². The smallest absolute Gasteiger partial charge is 0.257 e. The quantitative estimate of drug-likeness (QED) is 0.698. The van der Waals surface area contributed by atoms with Crippen LogP contribution in [0.25, 0.3) is 11.3 Å². The predicted octanol–water partition coefficient (Wildman–Crippen LogP) is 1.91. The monoisotopic (exact) mass is 391 g/mol. The molecule has 1 saturated heterocycles. The second-order valence-corrected chi connectivity index (χ2v) is 7.62. The Kier molecular flexibility index (Phi) is 5.62. The molecule has 0 unspecified atom stereocenters. The fourth-order valence-corrected chi connectivity index (χ4v) is 3.67. The molecule has 0 aliphatic carbocycles. The van der Waals surface area contributed by atoms with Gasteiger partial charge in [-0.15, -0.1) is 0 Å². The average molecular weight is 391 g/mol. The minimum absolute atomic E-state index is 0.172. The van der Waals surface area contributed by atoms with Crippen molar-refractivity contribution in [2.24, 2.45) is 0 Å². The normalized spacial score (nSPS) is 14.8. The van der Waals surface area contributed by atoms with Crippen LogP contribution in [0.3, 0.4) is 0 Å². The molecule has 0 atom stereocenters. The first-order valence-corrected chi connectivity index (χ1v) is 10.1. The lowest BCUT2D eigenvalue weighted by molar-refractivity contribution is -0.880. The highest BCUT2D eigenvalue weighted by Crippen LogP contribution is 2.25. The minimum Gasteiger partial charge on any atom is -0.360 e. The van der Waals surface area contributed by atoms with Gasteiger partial charge in [0.2, 0.25) is 0 Å². The molecular formula is C23H27N4O2+. The highest BCUT2D eigenvalue weighted by Gasteiger charge is 2.21. The van der Waals surface area contributed by atoms with Crippen LogP contribution < -0.4 is 15.1 Å². The molecule has 4 rings (SSSR count). The van der Waals surface area contributed by atoms with E-state index >= 15 is 0 Å². The maximum atomic E-state index is 12.8. The van der Waals surface area contributed by atoms with Crippen molar-refractivity contribution in [1.82, 2.24) is 10.5 Å². The second kappa shape index (κ2) is 8.49. The molecule has 2 aromatic carbocycles. The van der Waals surface area contributed by atoms with Gasteiger partial charge < -0.3 is 19.6 Å². The van der Waals surface area contributed by atoms with E-state index in [0.717, 1.165) is 24.2 Å². The number of nitrogens with zero attached hydrogens (tertiary/aromatic N) is 2. The molecule has 29 heavy (non-hydrogen) atoms. The van der Waals surface area contributed by atoms with Crippen LogP contribution in [-0.4, -0.2) is 44.3 Å². The first-order valence-electron chi connectivity index (χ1n) is 10.1. The molecule has 6 nitrogen and oxygen atoms in total. The fraction of sp³-hybridized carbons (Fsp3) is 0.304. The molecule has 0 bridgehead atoms. The van der Waals surface area contributed by atoms with E-state index in [0.29, 0.717) is 23.6 Å². The van der Waals surface area contributed by atoms with E-state index < -0.39 is 0 Å². The first-order chi connectivity index (χ1) is 14.1. The number of aryl methyl sites for hydroxylation is 1. The maximum Gasteiger partial charge on any atom is 0.257 e. The molecule has 0 radical (unpaired) electrons. The zero-order valence-electron chi connectivity index (χ0n) is 16.9. The van der Waals surface area contributed by atoms with E-state index in [1.54, 1.807) is 11.8 Å². The van der Waals surface area contributed by atoms with Gasteiger partial charge in [0.15, 0.2) is 0 Å². The predicted molar refractivity (Wildman–Crippen MR) is 113 cm³/mol. The van der Waals surface area contributed by atoms with E-state index in [9.17, 15) is 4.79 Å².